The van der Waals surface area contributed by atoms with Gasteiger partial charge in [-0.1, -0.05) is 11.8 Å². The fourth-order valence-corrected chi connectivity index (χ4v) is 3.12. The lowest BCUT2D eigenvalue weighted by Crippen LogP contribution is -2.35. The van der Waals surface area contributed by atoms with Gasteiger partial charge in [0.05, 0.1) is 19.0 Å². The van der Waals surface area contributed by atoms with Crippen LogP contribution in [0.3, 0.4) is 0 Å². The number of nitrogens with zero attached hydrogens (tertiary/aromatic N) is 3. The topological polar surface area (TPSA) is 107 Å². The molecule has 0 atom stereocenters. The Labute approximate surface area is 168 Å². The first-order chi connectivity index (χ1) is 13.4. The van der Waals surface area contributed by atoms with E-state index in [9.17, 15) is 9.59 Å². The third-order valence-electron chi connectivity index (χ3n) is 3.48. The van der Waals surface area contributed by atoms with Crippen molar-refractivity contribution < 1.29 is 19.1 Å². The number of hydrogen-bond acceptors (Lipinski definition) is 7. The van der Waals surface area contributed by atoms with Crippen LogP contribution >= 0.6 is 11.8 Å². The number of ether oxygens (including phenoxy) is 2. The van der Waals surface area contributed by atoms with Crippen LogP contribution in [-0.4, -0.2) is 45.7 Å². The maximum absolute atomic E-state index is 12.1. The van der Waals surface area contributed by atoms with Gasteiger partial charge in [0.1, 0.15) is 6.33 Å². The molecule has 152 valence electrons. The lowest BCUT2D eigenvalue weighted by atomic mass is 10.2. The van der Waals surface area contributed by atoms with Gasteiger partial charge in [0, 0.05) is 17.8 Å². The minimum Gasteiger partial charge on any atom is -0.490 e. The highest BCUT2D eigenvalue weighted by Gasteiger charge is 2.14. The van der Waals surface area contributed by atoms with E-state index in [0.29, 0.717) is 35.6 Å². The van der Waals surface area contributed by atoms with Crippen LogP contribution in [0.1, 0.15) is 33.7 Å². The normalized spacial score (nSPS) is 10.6. The minimum atomic E-state index is -0.623. The van der Waals surface area contributed by atoms with Gasteiger partial charge in [-0.05, 0) is 39.8 Å². The predicted octanol–water partition coefficient (Wildman–Crippen LogP) is 3.10. The molecular weight excluding hydrogens is 382 g/mol. The number of carbonyl (C=O) groups excluding carboxylic acids is 2. The predicted molar refractivity (Wildman–Crippen MR) is 107 cm³/mol. The van der Waals surface area contributed by atoms with E-state index in [1.807, 2.05) is 32.3 Å². The largest absolute Gasteiger partial charge is 0.490 e. The van der Waals surface area contributed by atoms with Crippen molar-refractivity contribution in [1.82, 2.24) is 20.1 Å². The lowest BCUT2D eigenvalue weighted by molar-refractivity contribution is -0.117. The number of carbonyl (C=O) groups is 2. The Morgan fingerprint density at radius 3 is 2.57 bits per heavy atom. The van der Waals surface area contributed by atoms with Gasteiger partial charge < -0.3 is 19.4 Å². The number of anilines is 1. The first-order valence-corrected chi connectivity index (χ1v) is 9.95. The average molecular weight is 407 g/mol. The first-order valence-electron chi connectivity index (χ1n) is 8.97. The molecule has 0 radical (unpaired) electrons. The summed E-state index contributed by atoms with van der Waals surface area (Å²) < 4.78 is 12.9. The summed E-state index contributed by atoms with van der Waals surface area (Å²) in [6.45, 7) is 8.70. The second kappa shape index (κ2) is 10.5. The number of rotatable bonds is 9. The summed E-state index contributed by atoms with van der Waals surface area (Å²) in [5.41, 5.74) is 0.490. The van der Waals surface area contributed by atoms with Gasteiger partial charge in [0.15, 0.2) is 16.7 Å². The molecule has 0 aliphatic rings. The van der Waals surface area contributed by atoms with E-state index in [0.717, 1.165) is 0 Å². The molecule has 1 aromatic heterocycles. The van der Waals surface area contributed by atoms with Crippen LogP contribution in [0.15, 0.2) is 29.7 Å². The number of benzene rings is 1. The van der Waals surface area contributed by atoms with Crippen LogP contribution in [-0.2, 0) is 4.79 Å². The Balaban J connectivity index is 1.89. The van der Waals surface area contributed by atoms with Crippen molar-refractivity contribution >= 4 is 29.4 Å². The SMILES string of the molecule is CCOc1ccc(NC(=O)NC(=O)CSc2nncn2C(C)C)cc1OCC. The summed E-state index contributed by atoms with van der Waals surface area (Å²) in [7, 11) is 0. The van der Waals surface area contributed by atoms with Crippen LogP contribution < -0.4 is 20.1 Å². The number of amides is 3. The summed E-state index contributed by atoms with van der Waals surface area (Å²) in [5, 5.41) is 13.3. The third kappa shape index (κ3) is 6.15. The third-order valence-corrected chi connectivity index (χ3v) is 4.44. The Morgan fingerprint density at radius 2 is 1.89 bits per heavy atom. The van der Waals surface area contributed by atoms with E-state index < -0.39 is 11.9 Å². The van der Waals surface area contributed by atoms with E-state index in [1.165, 1.54) is 11.8 Å². The quantitative estimate of drug-likeness (QED) is 0.615. The Bertz CT molecular complexity index is 809. The first kappa shape index (κ1) is 21.5. The summed E-state index contributed by atoms with van der Waals surface area (Å²) in [6.07, 6.45) is 1.61. The molecule has 2 rings (SSSR count). The average Bonchev–Trinajstić information content (AvgIpc) is 3.11. The van der Waals surface area contributed by atoms with E-state index in [-0.39, 0.29) is 11.8 Å². The van der Waals surface area contributed by atoms with Crippen LogP contribution in [0.25, 0.3) is 0 Å². The molecule has 1 heterocycles. The molecule has 2 aromatic rings. The molecule has 28 heavy (non-hydrogen) atoms. The smallest absolute Gasteiger partial charge is 0.325 e. The van der Waals surface area contributed by atoms with Gasteiger partial charge in [-0.3, -0.25) is 10.1 Å². The highest BCUT2D eigenvalue weighted by atomic mass is 32.2. The van der Waals surface area contributed by atoms with Crippen molar-refractivity contribution in [3.63, 3.8) is 0 Å². The molecule has 0 saturated heterocycles. The van der Waals surface area contributed by atoms with Crippen molar-refractivity contribution in [2.45, 2.75) is 38.9 Å². The standard InChI is InChI=1S/C18H25N5O4S/c1-5-26-14-8-7-13(9-15(14)27-6-2)20-17(25)21-16(24)10-28-18-22-19-11-23(18)12(3)4/h7-9,11-12H,5-6,10H2,1-4H3,(H2,20,21,24,25). The van der Waals surface area contributed by atoms with E-state index in [2.05, 4.69) is 20.8 Å². The minimum absolute atomic E-state index is 0.0479. The summed E-state index contributed by atoms with van der Waals surface area (Å²) in [5.74, 6) is 0.734. The summed E-state index contributed by atoms with van der Waals surface area (Å²) in [4.78, 5) is 24.1. The second-order valence-corrected chi connectivity index (χ2v) is 6.88. The monoisotopic (exact) mass is 407 g/mol. The molecule has 0 saturated carbocycles. The van der Waals surface area contributed by atoms with Crippen molar-refractivity contribution in [3.8, 4) is 11.5 Å². The molecule has 1 aromatic carbocycles. The molecule has 0 fully saturated rings. The maximum atomic E-state index is 12.1. The molecule has 9 nitrogen and oxygen atoms in total. The highest BCUT2D eigenvalue weighted by Crippen LogP contribution is 2.30. The Kier molecular flexibility index (Phi) is 8.12. The molecule has 10 heteroatoms. The number of aromatic nitrogens is 3. The molecule has 0 aliphatic carbocycles. The van der Waals surface area contributed by atoms with E-state index >= 15 is 0 Å². The molecule has 0 bridgehead atoms. The van der Waals surface area contributed by atoms with Crippen LogP contribution in [0.4, 0.5) is 10.5 Å². The highest BCUT2D eigenvalue weighted by molar-refractivity contribution is 7.99. The van der Waals surface area contributed by atoms with Crippen LogP contribution in [0, 0.1) is 0 Å². The zero-order chi connectivity index (χ0) is 20.5. The van der Waals surface area contributed by atoms with Crippen molar-refractivity contribution in [2.75, 3.05) is 24.3 Å². The van der Waals surface area contributed by atoms with Crippen molar-refractivity contribution in [1.29, 1.82) is 0 Å². The zero-order valence-electron chi connectivity index (χ0n) is 16.4. The van der Waals surface area contributed by atoms with Gasteiger partial charge in [-0.25, -0.2) is 4.79 Å². The van der Waals surface area contributed by atoms with Gasteiger partial charge in [0.2, 0.25) is 5.91 Å². The van der Waals surface area contributed by atoms with Gasteiger partial charge in [-0.15, -0.1) is 10.2 Å². The van der Waals surface area contributed by atoms with Gasteiger partial charge in [0.25, 0.3) is 0 Å². The van der Waals surface area contributed by atoms with Crippen LogP contribution in [0.2, 0.25) is 0 Å². The van der Waals surface area contributed by atoms with Gasteiger partial charge >= 0.3 is 6.03 Å². The number of hydrogen-bond donors (Lipinski definition) is 2. The fourth-order valence-electron chi connectivity index (χ4n) is 2.27. The number of imide groups is 1. The molecule has 0 unspecified atom stereocenters. The van der Waals surface area contributed by atoms with Gasteiger partial charge in [-0.2, -0.15) is 0 Å². The van der Waals surface area contributed by atoms with Crippen LogP contribution in [0.5, 0.6) is 11.5 Å². The number of urea groups is 1. The Hall–Kier alpha value is -2.75. The Morgan fingerprint density at radius 1 is 1.18 bits per heavy atom. The van der Waals surface area contributed by atoms with Crippen molar-refractivity contribution in [2.24, 2.45) is 0 Å². The summed E-state index contributed by atoms with van der Waals surface area (Å²) >= 11 is 1.22. The van der Waals surface area contributed by atoms with Crippen molar-refractivity contribution in [3.05, 3.63) is 24.5 Å². The molecular formula is C18H25N5O4S. The molecule has 0 aliphatic heterocycles. The molecule has 3 amide bonds. The molecule has 2 N–H and O–H groups in total. The van der Waals surface area contributed by atoms with E-state index in [4.69, 9.17) is 9.47 Å². The summed E-state index contributed by atoms with van der Waals surface area (Å²) in [6, 6.07) is 4.60. The fraction of sp³-hybridized carbons (Fsp3) is 0.444. The molecule has 0 spiro atoms. The zero-order valence-corrected chi connectivity index (χ0v) is 17.2. The lowest BCUT2D eigenvalue weighted by Gasteiger charge is -2.13. The maximum Gasteiger partial charge on any atom is 0.325 e. The number of thioether (sulfide) groups is 1. The van der Waals surface area contributed by atoms with E-state index in [1.54, 1.807) is 24.5 Å². The number of nitrogens with one attached hydrogen (secondary N) is 2. The second-order valence-electron chi connectivity index (χ2n) is 5.93.